The van der Waals surface area contributed by atoms with E-state index in [1.807, 2.05) is 12.1 Å². The topological polar surface area (TPSA) is 27.0 Å². The van der Waals surface area contributed by atoms with E-state index in [0.717, 1.165) is 25.1 Å². The molecule has 1 heterocycles. The standard InChI is InChI=1S/C18H16N2/c19-12-10-16-11-13-20(14-15-6-2-1-3-7-15)18-9-5-4-8-17(16)18/h1-10H,11,13-14H2. The molecule has 1 aliphatic heterocycles. The summed E-state index contributed by atoms with van der Waals surface area (Å²) in [7, 11) is 0. The van der Waals surface area contributed by atoms with E-state index in [0.29, 0.717) is 0 Å². The SMILES string of the molecule is N#CC=C1CCN(Cc2ccccc2)c2ccccc21. The highest BCUT2D eigenvalue weighted by atomic mass is 15.1. The lowest BCUT2D eigenvalue weighted by Crippen LogP contribution is -2.28. The fourth-order valence-electron chi connectivity index (χ4n) is 2.73. The molecular formula is C18H16N2. The van der Waals surface area contributed by atoms with Crippen molar-refractivity contribution in [2.75, 3.05) is 11.4 Å². The van der Waals surface area contributed by atoms with Gasteiger partial charge in [-0.25, -0.2) is 0 Å². The second-order valence-corrected chi connectivity index (χ2v) is 4.97. The molecule has 3 rings (SSSR count). The minimum Gasteiger partial charge on any atom is -0.366 e. The van der Waals surface area contributed by atoms with E-state index in [1.54, 1.807) is 6.08 Å². The molecule has 98 valence electrons. The Hall–Kier alpha value is -2.53. The first-order valence-electron chi connectivity index (χ1n) is 6.85. The van der Waals surface area contributed by atoms with Gasteiger partial charge in [0.25, 0.3) is 0 Å². The smallest absolute Gasteiger partial charge is 0.0915 e. The van der Waals surface area contributed by atoms with Crippen LogP contribution in [0.3, 0.4) is 0 Å². The number of hydrogen-bond donors (Lipinski definition) is 0. The maximum atomic E-state index is 8.91. The van der Waals surface area contributed by atoms with E-state index in [2.05, 4.69) is 53.4 Å². The predicted molar refractivity (Wildman–Crippen MR) is 82.1 cm³/mol. The van der Waals surface area contributed by atoms with Gasteiger partial charge in [0, 0.05) is 30.4 Å². The molecule has 0 atom stereocenters. The van der Waals surface area contributed by atoms with Gasteiger partial charge in [0.05, 0.1) is 6.07 Å². The molecular weight excluding hydrogens is 244 g/mol. The first kappa shape index (κ1) is 12.5. The normalized spacial score (nSPS) is 15.8. The number of allylic oxidation sites excluding steroid dienone is 1. The van der Waals surface area contributed by atoms with Crippen molar-refractivity contribution in [2.24, 2.45) is 0 Å². The van der Waals surface area contributed by atoms with Crippen LogP contribution in [-0.2, 0) is 6.54 Å². The Kier molecular flexibility index (Phi) is 3.52. The van der Waals surface area contributed by atoms with Crippen molar-refractivity contribution in [1.82, 2.24) is 0 Å². The monoisotopic (exact) mass is 260 g/mol. The van der Waals surface area contributed by atoms with Crippen molar-refractivity contribution in [3.8, 4) is 6.07 Å². The average molecular weight is 260 g/mol. The molecule has 0 radical (unpaired) electrons. The van der Waals surface area contributed by atoms with Gasteiger partial charge in [0.2, 0.25) is 0 Å². The number of nitrogens with zero attached hydrogens (tertiary/aromatic N) is 2. The first-order valence-corrected chi connectivity index (χ1v) is 6.85. The third-order valence-corrected chi connectivity index (χ3v) is 3.70. The summed E-state index contributed by atoms with van der Waals surface area (Å²) in [5.74, 6) is 0. The summed E-state index contributed by atoms with van der Waals surface area (Å²) in [5, 5.41) is 8.91. The number of para-hydroxylation sites is 1. The Morgan fingerprint density at radius 2 is 1.80 bits per heavy atom. The predicted octanol–water partition coefficient (Wildman–Crippen LogP) is 4.00. The fraction of sp³-hybridized carbons (Fsp3) is 0.167. The van der Waals surface area contributed by atoms with Crippen molar-refractivity contribution in [3.05, 3.63) is 71.8 Å². The van der Waals surface area contributed by atoms with Gasteiger partial charge in [0.1, 0.15) is 0 Å². The summed E-state index contributed by atoms with van der Waals surface area (Å²) in [6.45, 7) is 1.87. The Labute approximate surface area is 119 Å². The summed E-state index contributed by atoms with van der Waals surface area (Å²) in [6, 6.07) is 21.0. The van der Waals surface area contributed by atoms with Gasteiger partial charge in [-0.2, -0.15) is 5.26 Å². The van der Waals surface area contributed by atoms with Crippen LogP contribution in [0.2, 0.25) is 0 Å². The number of benzene rings is 2. The summed E-state index contributed by atoms with van der Waals surface area (Å²) < 4.78 is 0. The van der Waals surface area contributed by atoms with Crippen LogP contribution in [0, 0.1) is 11.3 Å². The summed E-state index contributed by atoms with van der Waals surface area (Å²) >= 11 is 0. The fourth-order valence-corrected chi connectivity index (χ4v) is 2.73. The van der Waals surface area contributed by atoms with Crippen LogP contribution in [0.4, 0.5) is 5.69 Å². The molecule has 0 N–H and O–H groups in total. The van der Waals surface area contributed by atoms with Crippen LogP contribution >= 0.6 is 0 Å². The number of nitriles is 1. The Morgan fingerprint density at radius 3 is 2.60 bits per heavy atom. The molecule has 0 fully saturated rings. The first-order chi connectivity index (χ1) is 9.88. The quantitative estimate of drug-likeness (QED) is 0.763. The van der Waals surface area contributed by atoms with Gasteiger partial charge < -0.3 is 4.90 Å². The highest BCUT2D eigenvalue weighted by molar-refractivity contribution is 5.80. The molecule has 0 aromatic heterocycles. The lowest BCUT2D eigenvalue weighted by molar-refractivity contribution is 0.782. The van der Waals surface area contributed by atoms with E-state index < -0.39 is 0 Å². The second kappa shape index (κ2) is 5.63. The van der Waals surface area contributed by atoms with Crippen molar-refractivity contribution in [2.45, 2.75) is 13.0 Å². The largest absolute Gasteiger partial charge is 0.366 e. The Balaban J connectivity index is 1.94. The lowest BCUT2D eigenvalue weighted by atomic mass is 9.95. The molecule has 0 saturated heterocycles. The van der Waals surface area contributed by atoms with Crippen molar-refractivity contribution < 1.29 is 0 Å². The van der Waals surface area contributed by atoms with Crippen molar-refractivity contribution in [1.29, 1.82) is 5.26 Å². The van der Waals surface area contributed by atoms with Crippen LogP contribution in [-0.4, -0.2) is 6.54 Å². The molecule has 2 nitrogen and oxygen atoms in total. The number of fused-ring (bicyclic) bond motifs is 1. The van der Waals surface area contributed by atoms with Crippen LogP contribution in [0.1, 0.15) is 17.5 Å². The van der Waals surface area contributed by atoms with Crippen molar-refractivity contribution >= 4 is 11.3 Å². The van der Waals surface area contributed by atoms with Crippen molar-refractivity contribution in [3.63, 3.8) is 0 Å². The molecule has 0 saturated carbocycles. The molecule has 0 unspecified atom stereocenters. The molecule has 0 amide bonds. The minimum absolute atomic E-state index is 0.914. The zero-order valence-corrected chi connectivity index (χ0v) is 11.3. The molecule has 0 aliphatic carbocycles. The summed E-state index contributed by atoms with van der Waals surface area (Å²) in [6.07, 6.45) is 2.61. The highest BCUT2D eigenvalue weighted by Gasteiger charge is 2.19. The van der Waals surface area contributed by atoms with Gasteiger partial charge in [-0.05, 0) is 23.6 Å². The van der Waals surface area contributed by atoms with E-state index in [1.165, 1.54) is 16.8 Å². The van der Waals surface area contributed by atoms with E-state index in [4.69, 9.17) is 5.26 Å². The zero-order chi connectivity index (χ0) is 13.8. The zero-order valence-electron chi connectivity index (χ0n) is 11.3. The van der Waals surface area contributed by atoms with Gasteiger partial charge in [-0.1, -0.05) is 48.5 Å². The highest BCUT2D eigenvalue weighted by Crippen LogP contribution is 2.35. The lowest BCUT2D eigenvalue weighted by Gasteiger charge is -2.32. The summed E-state index contributed by atoms with van der Waals surface area (Å²) in [5.41, 5.74) is 4.88. The Bertz CT molecular complexity index is 665. The van der Waals surface area contributed by atoms with Crippen LogP contribution in [0.15, 0.2) is 60.7 Å². The maximum absolute atomic E-state index is 8.91. The molecule has 1 aliphatic rings. The average Bonchev–Trinajstić information content (AvgIpc) is 2.51. The van der Waals surface area contributed by atoms with Gasteiger partial charge >= 0.3 is 0 Å². The second-order valence-electron chi connectivity index (χ2n) is 4.97. The van der Waals surface area contributed by atoms with Crippen LogP contribution < -0.4 is 4.90 Å². The number of anilines is 1. The van der Waals surface area contributed by atoms with Gasteiger partial charge in [0.15, 0.2) is 0 Å². The molecule has 0 bridgehead atoms. The van der Waals surface area contributed by atoms with E-state index >= 15 is 0 Å². The molecule has 0 spiro atoms. The summed E-state index contributed by atoms with van der Waals surface area (Å²) in [4.78, 5) is 2.39. The van der Waals surface area contributed by atoms with Gasteiger partial charge in [-0.3, -0.25) is 0 Å². The number of hydrogen-bond acceptors (Lipinski definition) is 2. The van der Waals surface area contributed by atoms with Crippen LogP contribution in [0.5, 0.6) is 0 Å². The third kappa shape index (κ3) is 2.44. The van der Waals surface area contributed by atoms with Gasteiger partial charge in [-0.15, -0.1) is 0 Å². The molecule has 2 heteroatoms. The van der Waals surface area contributed by atoms with E-state index in [-0.39, 0.29) is 0 Å². The minimum atomic E-state index is 0.914. The molecule has 2 aromatic carbocycles. The Morgan fingerprint density at radius 1 is 1.05 bits per heavy atom. The molecule has 2 aromatic rings. The maximum Gasteiger partial charge on any atom is 0.0915 e. The molecule has 20 heavy (non-hydrogen) atoms. The third-order valence-electron chi connectivity index (χ3n) is 3.70. The van der Waals surface area contributed by atoms with E-state index in [9.17, 15) is 0 Å². The van der Waals surface area contributed by atoms with Crippen LogP contribution in [0.25, 0.3) is 5.57 Å². The number of rotatable bonds is 2.